The highest BCUT2D eigenvalue weighted by molar-refractivity contribution is 9.08. The Morgan fingerprint density at radius 3 is 2.19 bits per heavy atom. The molecule has 21 heavy (non-hydrogen) atoms. The van der Waals surface area contributed by atoms with Gasteiger partial charge in [-0.05, 0) is 29.8 Å². The summed E-state index contributed by atoms with van der Waals surface area (Å²) < 4.78 is 38.6. The van der Waals surface area contributed by atoms with Crippen LogP contribution in [0.5, 0.6) is 0 Å². The van der Waals surface area contributed by atoms with Gasteiger partial charge in [-0.2, -0.15) is 13.2 Å². The Bertz CT molecular complexity index is 628. The highest BCUT2D eigenvalue weighted by Gasteiger charge is 2.43. The van der Waals surface area contributed by atoms with Crippen molar-refractivity contribution < 1.29 is 18.0 Å². The summed E-state index contributed by atoms with van der Waals surface area (Å²) in [5.41, 5.74) is 1.13. The van der Waals surface area contributed by atoms with E-state index in [0.717, 1.165) is 5.56 Å². The summed E-state index contributed by atoms with van der Waals surface area (Å²) in [4.78, 5) is 12.4. The van der Waals surface area contributed by atoms with E-state index in [0.29, 0.717) is 10.2 Å². The molecule has 0 aliphatic carbocycles. The van der Waals surface area contributed by atoms with Crippen molar-refractivity contribution in [1.29, 1.82) is 0 Å². The topological polar surface area (TPSA) is 20.3 Å². The molecule has 6 heteroatoms. The van der Waals surface area contributed by atoms with E-state index >= 15 is 0 Å². The molecule has 0 bridgehead atoms. The first-order chi connectivity index (χ1) is 9.93. The zero-order chi connectivity index (χ0) is 15.5. The number of carbonyl (C=O) groups excluding carboxylic acids is 1. The molecule has 0 atom stereocenters. The third kappa shape index (κ3) is 3.64. The third-order valence-corrected chi connectivity index (χ3v) is 3.43. The fourth-order valence-electron chi connectivity index (χ4n) is 1.87. The van der Waals surface area contributed by atoms with Gasteiger partial charge >= 0.3 is 12.1 Å². The van der Waals surface area contributed by atoms with E-state index in [1.165, 1.54) is 18.2 Å². The molecule has 0 saturated heterocycles. The Hall–Kier alpha value is -1.82. The van der Waals surface area contributed by atoms with Crippen molar-refractivity contribution >= 4 is 33.2 Å². The smallest absolute Gasteiger partial charge is 0.273 e. The molecule has 2 aromatic carbocycles. The lowest BCUT2D eigenvalue weighted by atomic mass is 10.2. The number of halogens is 4. The quantitative estimate of drug-likeness (QED) is 0.722. The molecule has 0 aromatic heterocycles. The molecule has 0 spiro atoms. The Labute approximate surface area is 128 Å². The van der Waals surface area contributed by atoms with Crippen molar-refractivity contribution in [3.63, 3.8) is 0 Å². The van der Waals surface area contributed by atoms with Crippen molar-refractivity contribution in [1.82, 2.24) is 0 Å². The van der Waals surface area contributed by atoms with Gasteiger partial charge in [-0.15, -0.1) is 0 Å². The van der Waals surface area contributed by atoms with Gasteiger partial charge < -0.3 is 0 Å². The normalized spacial score (nSPS) is 11.2. The Morgan fingerprint density at radius 2 is 1.62 bits per heavy atom. The fourth-order valence-corrected chi connectivity index (χ4v) is 2.21. The SMILES string of the molecule is O=C(N(c1ccccc1)c1cccc(CBr)c1)C(F)(F)F. The maximum atomic E-state index is 12.9. The number of amides is 1. The number of hydrogen-bond donors (Lipinski definition) is 0. The number of carbonyl (C=O) groups is 1. The van der Waals surface area contributed by atoms with Gasteiger partial charge in [0.25, 0.3) is 0 Å². The van der Waals surface area contributed by atoms with Gasteiger partial charge in [0.2, 0.25) is 0 Å². The molecule has 0 N–H and O–H groups in total. The summed E-state index contributed by atoms with van der Waals surface area (Å²) in [6.07, 6.45) is -4.94. The maximum Gasteiger partial charge on any atom is 0.472 e. The van der Waals surface area contributed by atoms with Crippen LogP contribution < -0.4 is 4.90 Å². The van der Waals surface area contributed by atoms with Crippen molar-refractivity contribution in [2.24, 2.45) is 0 Å². The first-order valence-corrected chi connectivity index (χ1v) is 7.17. The summed E-state index contributed by atoms with van der Waals surface area (Å²) in [5, 5.41) is 0.490. The summed E-state index contributed by atoms with van der Waals surface area (Å²) >= 11 is 3.25. The molecule has 0 unspecified atom stereocenters. The highest BCUT2D eigenvalue weighted by atomic mass is 79.9. The molecule has 0 fully saturated rings. The van der Waals surface area contributed by atoms with Crippen LogP contribution in [0, 0.1) is 0 Å². The number of rotatable bonds is 3. The number of nitrogens with zero attached hydrogens (tertiary/aromatic N) is 1. The Kier molecular flexibility index (Phi) is 4.67. The summed E-state index contributed by atoms with van der Waals surface area (Å²) in [7, 11) is 0. The highest BCUT2D eigenvalue weighted by Crippen LogP contribution is 2.31. The van der Waals surface area contributed by atoms with E-state index in [2.05, 4.69) is 15.9 Å². The van der Waals surface area contributed by atoms with Crippen molar-refractivity contribution in [2.75, 3.05) is 4.90 Å². The average molecular weight is 358 g/mol. The lowest BCUT2D eigenvalue weighted by Crippen LogP contribution is -2.38. The van der Waals surface area contributed by atoms with Crippen LogP contribution in [0.3, 0.4) is 0 Å². The largest absolute Gasteiger partial charge is 0.472 e. The van der Waals surface area contributed by atoms with Gasteiger partial charge in [-0.1, -0.05) is 46.3 Å². The van der Waals surface area contributed by atoms with Crippen LogP contribution in [0.2, 0.25) is 0 Å². The second-order valence-corrected chi connectivity index (χ2v) is 4.84. The molecule has 0 heterocycles. The molecule has 2 nitrogen and oxygen atoms in total. The van der Waals surface area contributed by atoms with Crippen LogP contribution >= 0.6 is 15.9 Å². The van der Waals surface area contributed by atoms with E-state index in [-0.39, 0.29) is 11.4 Å². The number of alkyl halides is 4. The average Bonchev–Trinajstić information content (AvgIpc) is 2.48. The number of hydrogen-bond acceptors (Lipinski definition) is 1. The standard InChI is InChI=1S/C15H11BrF3NO/c16-10-11-5-4-8-13(9-11)20(14(21)15(17,18)19)12-6-2-1-3-7-12/h1-9H,10H2. The number of benzene rings is 2. The van der Waals surface area contributed by atoms with Crippen LogP contribution in [0.15, 0.2) is 54.6 Å². The fraction of sp³-hybridized carbons (Fsp3) is 0.133. The monoisotopic (exact) mass is 357 g/mol. The van der Waals surface area contributed by atoms with Crippen LogP contribution in [0.25, 0.3) is 0 Å². The maximum absolute atomic E-state index is 12.9. The molecule has 2 rings (SSSR count). The lowest BCUT2D eigenvalue weighted by Gasteiger charge is -2.24. The Morgan fingerprint density at radius 1 is 1.00 bits per heavy atom. The predicted molar refractivity (Wildman–Crippen MR) is 78.7 cm³/mol. The van der Waals surface area contributed by atoms with Crippen molar-refractivity contribution in [3.8, 4) is 0 Å². The minimum Gasteiger partial charge on any atom is -0.273 e. The molecular weight excluding hydrogens is 347 g/mol. The van der Waals surface area contributed by atoms with Crippen LogP contribution in [0.4, 0.5) is 24.5 Å². The molecular formula is C15H11BrF3NO. The number of anilines is 2. The molecule has 1 amide bonds. The van der Waals surface area contributed by atoms with Gasteiger partial charge in [0.15, 0.2) is 0 Å². The van der Waals surface area contributed by atoms with E-state index in [1.54, 1.807) is 36.4 Å². The lowest BCUT2D eigenvalue weighted by molar-refractivity contribution is -0.169. The van der Waals surface area contributed by atoms with Crippen LogP contribution in [0.1, 0.15) is 5.56 Å². The van der Waals surface area contributed by atoms with Crippen molar-refractivity contribution in [3.05, 3.63) is 60.2 Å². The zero-order valence-corrected chi connectivity index (χ0v) is 12.4. The van der Waals surface area contributed by atoms with Crippen molar-refractivity contribution in [2.45, 2.75) is 11.5 Å². The minimum absolute atomic E-state index is 0.173. The Balaban J connectivity index is 2.53. The van der Waals surface area contributed by atoms with Crippen LogP contribution in [-0.2, 0) is 10.1 Å². The second kappa shape index (κ2) is 6.30. The molecule has 2 aromatic rings. The molecule has 0 aliphatic rings. The van der Waals surface area contributed by atoms with E-state index in [1.807, 2.05) is 0 Å². The summed E-state index contributed by atoms with van der Waals surface area (Å²) in [6.45, 7) is 0. The number of para-hydroxylation sites is 1. The third-order valence-electron chi connectivity index (χ3n) is 2.78. The summed E-state index contributed by atoms with van der Waals surface area (Å²) in [6, 6.07) is 14.2. The van der Waals surface area contributed by atoms with Gasteiger partial charge in [0.05, 0.1) is 0 Å². The molecule has 0 aliphatic heterocycles. The molecule has 0 saturated carbocycles. The molecule has 0 radical (unpaired) electrons. The molecule has 110 valence electrons. The van der Waals surface area contributed by atoms with Gasteiger partial charge in [-0.25, -0.2) is 0 Å². The van der Waals surface area contributed by atoms with Gasteiger partial charge in [0.1, 0.15) is 0 Å². The van der Waals surface area contributed by atoms with E-state index in [9.17, 15) is 18.0 Å². The van der Waals surface area contributed by atoms with Crippen LogP contribution in [-0.4, -0.2) is 12.1 Å². The minimum atomic E-state index is -4.94. The summed E-state index contributed by atoms with van der Waals surface area (Å²) in [5.74, 6) is -1.92. The van der Waals surface area contributed by atoms with Gasteiger partial charge in [0, 0.05) is 16.7 Å². The van der Waals surface area contributed by atoms with E-state index in [4.69, 9.17) is 0 Å². The van der Waals surface area contributed by atoms with E-state index < -0.39 is 12.1 Å². The second-order valence-electron chi connectivity index (χ2n) is 4.28. The first kappa shape index (κ1) is 15.6. The van der Waals surface area contributed by atoms with Gasteiger partial charge in [-0.3, -0.25) is 9.69 Å². The first-order valence-electron chi connectivity index (χ1n) is 6.04. The zero-order valence-electron chi connectivity index (χ0n) is 10.8. The predicted octanol–water partition coefficient (Wildman–Crippen LogP) is 4.81.